The number of halogens is 2. The number of benzene rings is 1. The lowest BCUT2D eigenvalue weighted by atomic mass is 10.1. The molecule has 1 fully saturated rings. The Labute approximate surface area is 142 Å². The molecule has 1 aromatic carbocycles. The van der Waals surface area contributed by atoms with Crippen LogP contribution in [-0.4, -0.2) is 42.4 Å². The highest BCUT2D eigenvalue weighted by molar-refractivity contribution is 6.01. The first-order valence-electron chi connectivity index (χ1n) is 7.55. The lowest BCUT2D eigenvalue weighted by Gasteiger charge is -2.26. The highest BCUT2D eigenvalue weighted by Crippen LogP contribution is 2.26. The number of hydrogen-bond donors (Lipinski definition) is 1. The van der Waals surface area contributed by atoms with E-state index >= 15 is 0 Å². The lowest BCUT2D eigenvalue weighted by molar-refractivity contribution is -0.137. The van der Waals surface area contributed by atoms with Gasteiger partial charge in [-0.15, -0.1) is 12.4 Å². The number of nitrogens with two attached hydrogens (primary N) is 1. The zero-order valence-corrected chi connectivity index (χ0v) is 14.2. The van der Waals surface area contributed by atoms with Crippen LogP contribution in [0, 0.1) is 5.82 Å². The summed E-state index contributed by atoms with van der Waals surface area (Å²) >= 11 is 0. The number of carbonyl (C=O) groups excluding carboxylic acids is 2. The van der Waals surface area contributed by atoms with Crippen molar-refractivity contribution in [3.05, 3.63) is 30.1 Å². The fourth-order valence-electron chi connectivity index (χ4n) is 2.78. The van der Waals surface area contributed by atoms with Crippen molar-refractivity contribution in [2.45, 2.75) is 38.3 Å². The van der Waals surface area contributed by atoms with Crippen molar-refractivity contribution in [2.75, 3.05) is 18.5 Å². The first-order valence-corrected chi connectivity index (χ1v) is 7.55. The van der Waals surface area contributed by atoms with E-state index in [0.717, 1.165) is 6.42 Å². The van der Waals surface area contributed by atoms with Crippen molar-refractivity contribution in [1.29, 1.82) is 0 Å². The van der Waals surface area contributed by atoms with E-state index in [1.807, 2.05) is 6.92 Å². The molecule has 2 atom stereocenters. The molecule has 2 amide bonds. The SMILES string of the molecule is CCCC(N)C(=O)N(C)C1CCN(c2ccccc2F)C1=O.Cl. The highest BCUT2D eigenvalue weighted by Gasteiger charge is 2.38. The van der Waals surface area contributed by atoms with Gasteiger partial charge in [-0.2, -0.15) is 0 Å². The van der Waals surface area contributed by atoms with Crippen molar-refractivity contribution >= 4 is 29.9 Å². The van der Waals surface area contributed by atoms with E-state index in [9.17, 15) is 14.0 Å². The quantitative estimate of drug-likeness (QED) is 0.888. The summed E-state index contributed by atoms with van der Waals surface area (Å²) in [5, 5.41) is 0. The number of likely N-dealkylation sites (N-methyl/N-ethyl adjacent to an activating group) is 1. The topological polar surface area (TPSA) is 66.6 Å². The third-order valence-electron chi connectivity index (χ3n) is 4.05. The van der Waals surface area contributed by atoms with Gasteiger partial charge in [-0.1, -0.05) is 25.5 Å². The molecular weight excluding hydrogens is 321 g/mol. The zero-order chi connectivity index (χ0) is 16.3. The largest absolute Gasteiger partial charge is 0.332 e. The highest BCUT2D eigenvalue weighted by atomic mass is 35.5. The monoisotopic (exact) mass is 343 g/mol. The zero-order valence-electron chi connectivity index (χ0n) is 13.4. The van der Waals surface area contributed by atoms with Crippen molar-refractivity contribution in [3.8, 4) is 0 Å². The Balaban J connectivity index is 0.00000264. The standard InChI is InChI=1S/C16H22FN3O2.ClH/c1-3-6-12(18)15(21)19(2)14-9-10-20(16(14)22)13-8-5-4-7-11(13)17;/h4-5,7-8,12,14H,3,6,9-10,18H2,1-2H3;1H. The van der Waals surface area contributed by atoms with E-state index in [2.05, 4.69) is 0 Å². The van der Waals surface area contributed by atoms with Crippen LogP contribution in [0.1, 0.15) is 26.2 Å². The summed E-state index contributed by atoms with van der Waals surface area (Å²) in [6.45, 7) is 2.35. The van der Waals surface area contributed by atoms with E-state index in [4.69, 9.17) is 5.73 Å². The number of nitrogens with zero attached hydrogens (tertiary/aromatic N) is 2. The van der Waals surface area contributed by atoms with Gasteiger partial charge in [0.15, 0.2) is 0 Å². The summed E-state index contributed by atoms with van der Waals surface area (Å²) in [5.74, 6) is -0.937. The minimum Gasteiger partial charge on any atom is -0.332 e. The van der Waals surface area contributed by atoms with Crippen LogP contribution in [0.5, 0.6) is 0 Å². The molecule has 0 radical (unpaired) electrons. The first kappa shape index (κ1) is 19.4. The molecule has 1 aromatic rings. The Bertz CT molecular complexity index is 570. The van der Waals surface area contributed by atoms with Crippen LogP contribution in [0.4, 0.5) is 10.1 Å². The van der Waals surface area contributed by atoms with E-state index in [0.29, 0.717) is 19.4 Å². The molecule has 0 saturated carbocycles. The van der Waals surface area contributed by atoms with Gasteiger partial charge in [0, 0.05) is 13.6 Å². The van der Waals surface area contributed by atoms with Gasteiger partial charge in [0.25, 0.3) is 0 Å². The molecule has 0 spiro atoms. The summed E-state index contributed by atoms with van der Waals surface area (Å²) in [7, 11) is 1.59. The Morgan fingerprint density at radius 3 is 2.74 bits per heavy atom. The summed E-state index contributed by atoms with van der Waals surface area (Å²) in [4.78, 5) is 27.5. The number of amides is 2. The molecule has 1 saturated heterocycles. The maximum atomic E-state index is 13.8. The molecule has 1 heterocycles. The van der Waals surface area contributed by atoms with Crippen LogP contribution in [0.25, 0.3) is 0 Å². The van der Waals surface area contributed by atoms with Gasteiger partial charge in [-0.3, -0.25) is 9.59 Å². The Kier molecular flexibility index (Phi) is 6.97. The number of para-hydroxylation sites is 1. The lowest BCUT2D eigenvalue weighted by Crippen LogP contribution is -2.49. The molecule has 1 aliphatic heterocycles. The van der Waals surface area contributed by atoms with Crippen LogP contribution >= 0.6 is 12.4 Å². The Morgan fingerprint density at radius 1 is 1.48 bits per heavy atom. The minimum atomic E-state index is -0.592. The van der Waals surface area contributed by atoms with Gasteiger partial charge in [0.2, 0.25) is 11.8 Å². The molecule has 2 unspecified atom stereocenters. The molecule has 7 heteroatoms. The fraction of sp³-hybridized carbons (Fsp3) is 0.500. The van der Waals surface area contributed by atoms with E-state index in [1.165, 1.54) is 15.9 Å². The van der Waals surface area contributed by atoms with Crippen LogP contribution in [0.3, 0.4) is 0 Å². The predicted octanol–water partition coefficient (Wildman–Crippen LogP) is 1.94. The number of rotatable bonds is 5. The van der Waals surface area contributed by atoms with Crippen molar-refractivity contribution in [3.63, 3.8) is 0 Å². The first-order chi connectivity index (χ1) is 10.5. The summed E-state index contributed by atoms with van der Waals surface area (Å²) in [6.07, 6.45) is 1.87. The second-order valence-corrected chi connectivity index (χ2v) is 5.59. The predicted molar refractivity (Wildman–Crippen MR) is 90.1 cm³/mol. The van der Waals surface area contributed by atoms with Crippen molar-refractivity contribution in [1.82, 2.24) is 4.90 Å². The van der Waals surface area contributed by atoms with Gasteiger partial charge in [-0.25, -0.2) is 4.39 Å². The van der Waals surface area contributed by atoms with Crippen molar-refractivity contribution in [2.24, 2.45) is 5.73 Å². The molecule has 5 nitrogen and oxygen atoms in total. The van der Waals surface area contributed by atoms with Crippen molar-refractivity contribution < 1.29 is 14.0 Å². The number of carbonyl (C=O) groups is 2. The molecule has 0 bridgehead atoms. The molecule has 0 aromatic heterocycles. The average molecular weight is 344 g/mol. The van der Waals surface area contributed by atoms with E-state index in [1.54, 1.807) is 25.2 Å². The Morgan fingerprint density at radius 2 is 2.13 bits per heavy atom. The average Bonchev–Trinajstić information content (AvgIpc) is 2.88. The number of anilines is 1. The minimum absolute atomic E-state index is 0. The van der Waals surface area contributed by atoms with E-state index < -0.39 is 17.9 Å². The maximum Gasteiger partial charge on any atom is 0.249 e. The molecule has 23 heavy (non-hydrogen) atoms. The van der Waals surface area contributed by atoms with Crippen LogP contribution in [0.15, 0.2) is 24.3 Å². The second-order valence-electron chi connectivity index (χ2n) is 5.59. The van der Waals surface area contributed by atoms with Crippen LogP contribution in [0.2, 0.25) is 0 Å². The summed E-state index contributed by atoms with van der Waals surface area (Å²) in [6, 6.07) is 4.99. The van der Waals surface area contributed by atoms with Gasteiger partial charge in [0.1, 0.15) is 11.9 Å². The maximum absolute atomic E-state index is 13.8. The molecule has 128 valence electrons. The third kappa shape index (κ3) is 4.00. The van der Waals surface area contributed by atoms with Gasteiger partial charge < -0.3 is 15.5 Å². The van der Waals surface area contributed by atoms with Gasteiger partial charge >= 0.3 is 0 Å². The second kappa shape index (κ2) is 8.26. The molecule has 1 aliphatic rings. The fourth-order valence-corrected chi connectivity index (χ4v) is 2.78. The van der Waals surface area contributed by atoms with Gasteiger partial charge in [0.05, 0.1) is 11.7 Å². The van der Waals surface area contributed by atoms with Gasteiger partial charge in [-0.05, 0) is 25.0 Å². The summed E-state index contributed by atoms with van der Waals surface area (Å²) in [5.41, 5.74) is 6.09. The molecule has 0 aliphatic carbocycles. The normalized spacial score (nSPS) is 18.5. The van der Waals surface area contributed by atoms with Crippen LogP contribution < -0.4 is 10.6 Å². The van der Waals surface area contributed by atoms with Crippen LogP contribution in [-0.2, 0) is 9.59 Å². The Hall–Kier alpha value is -1.66. The van der Waals surface area contributed by atoms with E-state index in [-0.39, 0.29) is 29.9 Å². The third-order valence-corrected chi connectivity index (χ3v) is 4.05. The smallest absolute Gasteiger partial charge is 0.249 e. The number of hydrogen-bond acceptors (Lipinski definition) is 3. The summed E-state index contributed by atoms with van der Waals surface area (Å²) < 4.78 is 13.8. The molecular formula is C16H23ClFN3O2. The molecule has 2 rings (SSSR count). The molecule has 2 N–H and O–H groups in total.